The van der Waals surface area contributed by atoms with Gasteiger partial charge < -0.3 is 19.7 Å². The molecule has 2 heterocycles. The highest BCUT2D eigenvalue weighted by Crippen LogP contribution is 2.36. The number of aromatic nitrogens is 3. The second-order valence-electron chi connectivity index (χ2n) is 9.19. The number of nitrogens with zero attached hydrogens (tertiary/aromatic N) is 5. The summed E-state index contributed by atoms with van der Waals surface area (Å²) in [5.41, 5.74) is 1.42. The topological polar surface area (TPSA) is 116 Å². The number of ether oxygens (including phenoxy) is 2. The van der Waals surface area contributed by atoms with Crippen molar-refractivity contribution in [3.8, 4) is 11.5 Å². The molecule has 0 atom stereocenters. The average Bonchev–Trinajstić information content (AvgIpc) is 2.87. The lowest BCUT2D eigenvalue weighted by Gasteiger charge is -2.32. The summed E-state index contributed by atoms with van der Waals surface area (Å²) >= 11 is 6.43. The predicted molar refractivity (Wildman–Crippen MR) is 143 cm³/mol. The molecule has 1 N–H and O–H groups in total. The molecule has 0 fully saturated rings. The molecular weight excluding hydrogens is 496 g/mol. The van der Waals surface area contributed by atoms with E-state index in [1.54, 1.807) is 30.5 Å². The number of nitro benzene ring substituents is 1. The predicted octanol–water partition coefficient (Wildman–Crippen LogP) is 5.63. The number of hydrogen-bond acceptors (Lipinski definition) is 9. The van der Waals surface area contributed by atoms with Gasteiger partial charge >= 0.3 is 5.69 Å². The number of nitrogens with one attached hydrogen (secondary N) is 1. The molecule has 0 saturated carbocycles. The molecule has 11 heteroatoms. The lowest BCUT2D eigenvalue weighted by atomic mass is 10.1. The molecule has 0 unspecified atom stereocenters. The van der Waals surface area contributed by atoms with Gasteiger partial charge in [-0.15, -0.1) is 0 Å². The van der Waals surface area contributed by atoms with E-state index in [9.17, 15) is 10.1 Å². The summed E-state index contributed by atoms with van der Waals surface area (Å²) in [6.45, 7) is 4.52. The number of anilines is 2. The standard InChI is InChI=1S/C26H27ClN6O4/c1-26(2,32(3)4)15-37-24-13-21-19(12-22(24)33(34)35)25(30-16-29-21)31-17-8-9-23(20(27)11-17)36-14-18-7-5-6-10-28-18/h5-13,16H,14-15H2,1-4H3,(H,29,30,31). The highest BCUT2D eigenvalue weighted by atomic mass is 35.5. The summed E-state index contributed by atoms with van der Waals surface area (Å²) in [6.07, 6.45) is 3.08. The molecule has 2 aromatic heterocycles. The molecule has 37 heavy (non-hydrogen) atoms. The van der Waals surface area contributed by atoms with E-state index in [4.69, 9.17) is 21.1 Å². The summed E-state index contributed by atoms with van der Waals surface area (Å²) in [6, 6.07) is 13.8. The van der Waals surface area contributed by atoms with E-state index in [-0.39, 0.29) is 30.2 Å². The number of pyridine rings is 1. The Labute approximate surface area is 219 Å². The van der Waals surface area contributed by atoms with Crippen LogP contribution >= 0.6 is 11.6 Å². The number of fused-ring (bicyclic) bond motifs is 1. The van der Waals surface area contributed by atoms with Gasteiger partial charge in [0, 0.05) is 29.6 Å². The summed E-state index contributed by atoms with van der Waals surface area (Å²) in [4.78, 5) is 26.2. The zero-order chi connectivity index (χ0) is 26.6. The van der Waals surface area contributed by atoms with E-state index in [2.05, 4.69) is 20.3 Å². The van der Waals surface area contributed by atoms with Crippen LogP contribution in [0.25, 0.3) is 10.9 Å². The van der Waals surface area contributed by atoms with Gasteiger partial charge in [0.2, 0.25) is 0 Å². The normalized spacial score (nSPS) is 11.5. The molecule has 0 bridgehead atoms. The van der Waals surface area contributed by atoms with Crippen molar-refractivity contribution >= 4 is 39.7 Å². The molecule has 0 saturated heterocycles. The van der Waals surface area contributed by atoms with Crippen molar-refractivity contribution in [3.63, 3.8) is 0 Å². The number of hydrogen-bond donors (Lipinski definition) is 1. The molecule has 0 aliphatic heterocycles. The van der Waals surface area contributed by atoms with E-state index < -0.39 is 4.92 Å². The molecule has 0 radical (unpaired) electrons. The summed E-state index contributed by atoms with van der Waals surface area (Å²) in [5, 5.41) is 15.9. The van der Waals surface area contributed by atoms with Crippen molar-refractivity contribution in [1.29, 1.82) is 0 Å². The van der Waals surface area contributed by atoms with Crippen LogP contribution in [0, 0.1) is 10.1 Å². The van der Waals surface area contributed by atoms with Crippen LogP contribution in [0.4, 0.5) is 17.2 Å². The Morgan fingerprint density at radius 1 is 1.05 bits per heavy atom. The van der Waals surface area contributed by atoms with Gasteiger partial charge in [-0.3, -0.25) is 15.1 Å². The van der Waals surface area contributed by atoms with E-state index in [0.29, 0.717) is 33.2 Å². The quantitative estimate of drug-likeness (QED) is 0.209. The number of halogens is 1. The zero-order valence-corrected chi connectivity index (χ0v) is 21.7. The third-order valence-corrected chi connectivity index (χ3v) is 6.30. The Morgan fingerprint density at radius 3 is 2.54 bits per heavy atom. The number of nitro groups is 1. The van der Waals surface area contributed by atoms with Crippen LogP contribution in [0.15, 0.2) is 61.1 Å². The van der Waals surface area contributed by atoms with Crippen molar-refractivity contribution in [2.75, 3.05) is 26.0 Å². The minimum Gasteiger partial charge on any atom is -0.486 e. The van der Waals surface area contributed by atoms with Crippen LogP contribution < -0.4 is 14.8 Å². The molecule has 192 valence electrons. The van der Waals surface area contributed by atoms with Crippen LogP contribution in [0.5, 0.6) is 11.5 Å². The first-order chi connectivity index (χ1) is 17.6. The smallest absolute Gasteiger partial charge is 0.311 e. The Hall–Kier alpha value is -4.02. The molecule has 0 aliphatic carbocycles. The van der Waals surface area contributed by atoms with E-state index in [0.717, 1.165) is 5.69 Å². The van der Waals surface area contributed by atoms with Gasteiger partial charge in [0.05, 0.1) is 26.5 Å². The van der Waals surface area contributed by atoms with Gasteiger partial charge in [-0.05, 0) is 58.3 Å². The summed E-state index contributed by atoms with van der Waals surface area (Å²) < 4.78 is 11.7. The lowest BCUT2D eigenvalue weighted by molar-refractivity contribution is -0.385. The molecule has 10 nitrogen and oxygen atoms in total. The highest BCUT2D eigenvalue weighted by Gasteiger charge is 2.25. The molecule has 0 spiro atoms. The van der Waals surface area contributed by atoms with Gasteiger partial charge in [0.25, 0.3) is 0 Å². The van der Waals surface area contributed by atoms with Gasteiger partial charge in [-0.25, -0.2) is 9.97 Å². The SMILES string of the molecule is CN(C)C(C)(C)COc1cc2ncnc(Nc3ccc(OCc4ccccn4)c(Cl)c3)c2cc1[N+](=O)[O-]. The fourth-order valence-electron chi connectivity index (χ4n) is 3.28. The van der Waals surface area contributed by atoms with Gasteiger partial charge in [-0.2, -0.15) is 0 Å². The van der Waals surface area contributed by atoms with Crippen LogP contribution in [-0.2, 0) is 6.61 Å². The molecule has 0 amide bonds. The first kappa shape index (κ1) is 26.1. The molecule has 0 aliphatic rings. The zero-order valence-electron chi connectivity index (χ0n) is 20.9. The van der Waals surface area contributed by atoms with Crippen LogP contribution in [0.1, 0.15) is 19.5 Å². The number of benzene rings is 2. The summed E-state index contributed by atoms with van der Waals surface area (Å²) in [7, 11) is 3.85. The Bertz CT molecular complexity index is 1420. The van der Waals surface area contributed by atoms with Crippen LogP contribution in [0.3, 0.4) is 0 Å². The maximum atomic E-state index is 11.9. The van der Waals surface area contributed by atoms with Gasteiger partial charge in [0.1, 0.15) is 31.1 Å². The Morgan fingerprint density at radius 2 is 1.86 bits per heavy atom. The van der Waals surface area contributed by atoms with Crippen molar-refractivity contribution in [2.24, 2.45) is 0 Å². The maximum Gasteiger partial charge on any atom is 0.311 e. The summed E-state index contributed by atoms with van der Waals surface area (Å²) in [5.74, 6) is 1.05. The van der Waals surface area contributed by atoms with E-state index >= 15 is 0 Å². The fraction of sp³-hybridized carbons (Fsp3) is 0.269. The molecule has 4 rings (SSSR count). The third kappa shape index (κ3) is 6.22. The molecular formula is C26H27ClN6O4. The van der Waals surface area contributed by atoms with Crippen LogP contribution in [-0.4, -0.2) is 51.0 Å². The maximum absolute atomic E-state index is 11.9. The second kappa shape index (κ2) is 10.9. The van der Waals surface area contributed by atoms with Crippen molar-refractivity contribution < 1.29 is 14.4 Å². The van der Waals surface area contributed by atoms with Crippen molar-refractivity contribution in [1.82, 2.24) is 19.9 Å². The third-order valence-electron chi connectivity index (χ3n) is 6.00. The Kier molecular flexibility index (Phi) is 7.70. The second-order valence-corrected chi connectivity index (χ2v) is 9.60. The highest BCUT2D eigenvalue weighted by molar-refractivity contribution is 6.32. The number of rotatable bonds is 10. The van der Waals surface area contributed by atoms with E-state index in [1.165, 1.54) is 12.4 Å². The largest absolute Gasteiger partial charge is 0.486 e. The van der Waals surface area contributed by atoms with Crippen molar-refractivity contribution in [3.05, 3.63) is 81.9 Å². The molecule has 4 aromatic rings. The Balaban J connectivity index is 1.57. The fourth-order valence-corrected chi connectivity index (χ4v) is 3.52. The van der Waals surface area contributed by atoms with Gasteiger partial charge in [-0.1, -0.05) is 17.7 Å². The number of likely N-dealkylation sites (N-methyl/N-ethyl adjacent to an activating group) is 1. The first-order valence-electron chi connectivity index (χ1n) is 11.5. The van der Waals surface area contributed by atoms with E-state index in [1.807, 2.05) is 51.0 Å². The van der Waals surface area contributed by atoms with Gasteiger partial charge in [0.15, 0.2) is 5.75 Å². The van der Waals surface area contributed by atoms with Crippen molar-refractivity contribution in [2.45, 2.75) is 26.0 Å². The molecule has 2 aromatic carbocycles. The van der Waals surface area contributed by atoms with Crippen LogP contribution in [0.2, 0.25) is 5.02 Å². The average molecular weight is 523 g/mol. The minimum absolute atomic E-state index is 0.148. The lowest BCUT2D eigenvalue weighted by Crippen LogP contribution is -2.43. The monoisotopic (exact) mass is 522 g/mol. The first-order valence-corrected chi connectivity index (χ1v) is 11.8. The minimum atomic E-state index is -0.473.